The van der Waals surface area contributed by atoms with Crippen LogP contribution in [0.1, 0.15) is 26.3 Å². The van der Waals surface area contributed by atoms with Gasteiger partial charge in [0.1, 0.15) is 12.4 Å². The van der Waals surface area contributed by atoms with Gasteiger partial charge in [0.05, 0.1) is 17.7 Å². The molecule has 25 heavy (non-hydrogen) atoms. The van der Waals surface area contributed by atoms with E-state index in [4.69, 9.17) is 14.6 Å². The largest absolute Gasteiger partial charge is 0.490 e. The fraction of sp³-hybridized carbons (Fsp3) is 0.263. The van der Waals surface area contributed by atoms with Crippen molar-refractivity contribution in [2.75, 3.05) is 27.4 Å². The lowest BCUT2D eigenvalue weighted by molar-refractivity contribution is 0.0695. The van der Waals surface area contributed by atoms with Crippen LogP contribution < -0.4 is 4.74 Å². The topological polar surface area (TPSA) is 76.1 Å². The van der Waals surface area contributed by atoms with Gasteiger partial charge in [0, 0.05) is 20.7 Å². The molecule has 0 unspecified atom stereocenters. The summed E-state index contributed by atoms with van der Waals surface area (Å²) in [7, 11) is 3.28. The van der Waals surface area contributed by atoms with Crippen molar-refractivity contribution in [2.24, 2.45) is 0 Å². The van der Waals surface area contributed by atoms with Crippen molar-refractivity contribution in [1.82, 2.24) is 4.90 Å². The highest BCUT2D eigenvalue weighted by atomic mass is 16.5. The van der Waals surface area contributed by atoms with E-state index >= 15 is 0 Å². The van der Waals surface area contributed by atoms with E-state index in [0.29, 0.717) is 31.1 Å². The van der Waals surface area contributed by atoms with E-state index in [9.17, 15) is 9.59 Å². The second-order valence-electron chi connectivity index (χ2n) is 5.50. The van der Waals surface area contributed by atoms with E-state index in [1.807, 2.05) is 6.07 Å². The highest BCUT2D eigenvalue weighted by Gasteiger charge is 2.17. The van der Waals surface area contributed by atoms with Gasteiger partial charge in [-0.15, -0.1) is 0 Å². The summed E-state index contributed by atoms with van der Waals surface area (Å²) in [6.07, 6.45) is 0. The number of benzene rings is 2. The number of rotatable bonds is 8. The Bertz CT molecular complexity index is 727. The van der Waals surface area contributed by atoms with Crippen molar-refractivity contribution in [1.29, 1.82) is 0 Å². The van der Waals surface area contributed by atoms with E-state index < -0.39 is 5.97 Å². The van der Waals surface area contributed by atoms with Gasteiger partial charge in [-0.2, -0.15) is 0 Å². The lowest BCUT2D eigenvalue weighted by atomic mass is 10.1. The van der Waals surface area contributed by atoms with E-state index in [0.717, 1.165) is 5.56 Å². The third-order valence-corrected chi connectivity index (χ3v) is 3.63. The third kappa shape index (κ3) is 5.06. The van der Waals surface area contributed by atoms with Crippen LogP contribution in [0.3, 0.4) is 0 Å². The Kier molecular flexibility index (Phi) is 6.54. The summed E-state index contributed by atoms with van der Waals surface area (Å²) in [4.78, 5) is 25.1. The molecule has 0 fully saturated rings. The van der Waals surface area contributed by atoms with Crippen LogP contribution in [-0.4, -0.2) is 49.3 Å². The molecule has 2 rings (SSSR count). The van der Waals surface area contributed by atoms with Gasteiger partial charge < -0.3 is 19.5 Å². The summed E-state index contributed by atoms with van der Waals surface area (Å²) < 4.78 is 10.6. The zero-order valence-electron chi connectivity index (χ0n) is 14.3. The fourth-order valence-electron chi connectivity index (χ4n) is 2.31. The van der Waals surface area contributed by atoms with Gasteiger partial charge in [-0.3, -0.25) is 4.79 Å². The second kappa shape index (κ2) is 8.84. The maximum atomic E-state index is 12.7. The number of ether oxygens (including phenoxy) is 2. The van der Waals surface area contributed by atoms with Gasteiger partial charge in [0.2, 0.25) is 0 Å². The number of hydrogen-bond donors (Lipinski definition) is 1. The molecule has 0 heterocycles. The Labute approximate surface area is 146 Å². The molecule has 1 amide bonds. The molecule has 0 aliphatic rings. The second-order valence-corrected chi connectivity index (χ2v) is 5.50. The zero-order valence-corrected chi connectivity index (χ0v) is 14.3. The highest BCUT2D eigenvalue weighted by Crippen LogP contribution is 2.20. The van der Waals surface area contributed by atoms with Crippen molar-refractivity contribution in [3.8, 4) is 5.75 Å². The molecule has 0 aliphatic carbocycles. The normalized spacial score (nSPS) is 10.3. The number of carboxylic acid groups (broad SMARTS) is 1. The Morgan fingerprint density at radius 2 is 1.72 bits per heavy atom. The first-order valence-corrected chi connectivity index (χ1v) is 7.81. The molecule has 0 atom stereocenters. The molecule has 2 aromatic rings. The van der Waals surface area contributed by atoms with Crippen molar-refractivity contribution in [3.63, 3.8) is 0 Å². The molecule has 132 valence electrons. The van der Waals surface area contributed by atoms with Gasteiger partial charge in [0.15, 0.2) is 0 Å². The maximum absolute atomic E-state index is 12.7. The van der Waals surface area contributed by atoms with Crippen LogP contribution >= 0.6 is 0 Å². The minimum Gasteiger partial charge on any atom is -0.490 e. The molecule has 0 spiro atoms. The standard InChI is InChI=1S/C19H21NO5/c1-20(13-14-7-9-15(10-8-14)19(22)23)18(21)16-5-3-4-6-17(16)25-12-11-24-2/h3-10H,11-13H2,1-2H3,(H,22,23). The molecule has 1 N–H and O–H groups in total. The maximum Gasteiger partial charge on any atom is 0.335 e. The molecule has 0 bridgehead atoms. The van der Waals surface area contributed by atoms with Crippen LogP contribution in [0.15, 0.2) is 48.5 Å². The SMILES string of the molecule is COCCOc1ccccc1C(=O)N(C)Cc1ccc(C(=O)O)cc1. The molecule has 6 heteroatoms. The van der Waals surface area contributed by atoms with Crippen LogP contribution in [0.4, 0.5) is 0 Å². The van der Waals surface area contributed by atoms with Gasteiger partial charge in [0.25, 0.3) is 5.91 Å². The molecular weight excluding hydrogens is 322 g/mol. The van der Waals surface area contributed by atoms with Crippen LogP contribution in [0, 0.1) is 0 Å². The summed E-state index contributed by atoms with van der Waals surface area (Å²) in [5.41, 5.74) is 1.54. The minimum absolute atomic E-state index is 0.171. The van der Waals surface area contributed by atoms with Gasteiger partial charge in [-0.05, 0) is 29.8 Å². The Morgan fingerprint density at radius 1 is 1.04 bits per heavy atom. The van der Waals surface area contributed by atoms with E-state index in [2.05, 4.69) is 0 Å². The van der Waals surface area contributed by atoms with Crippen LogP contribution in [0.25, 0.3) is 0 Å². The van der Waals surface area contributed by atoms with Gasteiger partial charge in [-0.1, -0.05) is 24.3 Å². The Balaban J connectivity index is 2.07. The van der Waals surface area contributed by atoms with Crippen molar-refractivity contribution in [2.45, 2.75) is 6.54 Å². The number of nitrogens with zero attached hydrogens (tertiary/aromatic N) is 1. The predicted octanol–water partition coefficient (Wildman–Crippen LogP) is 2.68. The van der Waals surface area contributed by atoms with E-state index in [1.54, 1.807) is 49.4 Å². The number of carbonyl (C=O) groups excluding carboxylic acids is 1. The first-order valence-electron chi connectivity index (χ1n) is 7.81. The summed E-state index contributed by atoms with van der Waals surface area (Å²) in [5, 5.41) is 8.93. The number of amides is 1. The Hall–Kier alpha value is -2.86. The summed E-state index contributed by atoms with van der Waals surface area (Å²) in [5.74, 6) is -0.633. The molecule has 0 aliphatic heterocycles. The number of hydrogen-bond acceptors (Lipinski definition) is 4. The number of carboxylic acids is 1. The number of carbonyl (C=O) groups is 2. The first kappa shape index (κ1) is 18.5. The smallest absolute Gasteiger partial charge is 0.335 e. The first-order chi connectivity index (χ1) is 12.0. The predicted molar refractivity (Wildman–Crippen MR) is 93.0 cm³/mol. The molecule has 0 radical (unpaired) electrons. The Morgan fingerprint density at radius 3 is 2.36 bits per heavy atom. The van der Waals surface area contributed by atoms with Gasteiger partial charge >= 0.3 is 5.97 Å². The summed E-state index contributed by atoms with van der Waals surface area (Å²) >= 11 is 0. The van der Waals surface area contributed by atoms with Crippen molar-refractivity contribution in [3.05, 3.63) is 65.2 Å². The highest BCUT2D eigenvalue weighted by molar-refractivity contribution is 5.96. The number of aromatic carboxylic acids is 1. The lowest BCUT2D eigenvalue weighted by Crippen LogP contribution is -2.26. The zero-order chi connectivity index (χ0) is 18.2. The number of para-hydroxylation sites is 1. The molecule has 0 saturated heterocycles. The molecule has 0 aromatic heterocycles. The van der Waals surface area contributed by atoms with E-state index in [1.165, 1.54) is 12.1 Å². The quantitative estimate of drug-likeness (QED) is 0.746. The summed E-state index contributed by atoms with van der Waals surface area (Å²) in [6, 6.07) is 13.5. The molecule has 6 nitrogen and oxygen atoms in total. The fourth-order valence-corrected chi connectivity index (χ4v) is 2.31. The molecule has 2 aromatic carbocycles. The van der Waals surface area contributed by atoms with Crippen molar-refractivity contribution >= 4 is 11.9 Å². The molecule has 0 saturated carbocycles. The lowest BCUT2D eigenvalue weighted by Gasteiger charge is -2.19. The average Bonchev–Trinajstić information content (AvgIpc) is 2.62. The number of methoxy groups -OCH3 is 1. The van der Waals surface area contributed by atoms with Crippen LogP contribution in [0.5, 0.6) is 5.75 Å². The van der Waals surface area contributed by atoms with E-state index in [-0.39, 0.29) is 11.5 Å². The van der Waals surface area contributed by atoms with Crippen molar-refractivity contribution < 1.29 is 24.2 Å². The molecular formula is C19H21NO5. The summed E-state index contributed by atoms with van der Waals surface area (Å²) in [6.45, 7) is 1.17. The average molecular weight is 343 g/mol. The van der Waals surface area contributed by atoms with Crippen LogP contribution in [0.2, 0.25) is 0 Å². The van der Waals surface area contributed by atoms with Gasteiger partial charge in [-0.25, -0.2) is 4.79 Å². The van der Waals surface area contributed by atoms with Crippen LogP contribution in [-0.2, 0) is 11.3 Å². The third-order valence-electron chi connectivity index (χ3n) is 3.63. The minimum atomic E-state index is -0.974. The monoisotopic (exact) mass is 343 g/mol.